The highest BCUT2D eigenvalue weighted by Crippen LogP contribution is 2.24. The third-order valence-electron chi connectivity index (χ3n) is 4.07. The van der Waals surface area contributed by atoms with Crippen LogP contribution in [0.25, 0.3) is 6.08 Å². The molecule has 0 aliphatic carbocycles. The summed E-state index contributed by atoms with van der Waals surface area (Å²) in [5, 5.41) is 2.70. The highest BCUT2D eigenvalue weighted by atomic mass is 32.2. The summed E-state index contributed by atoms with van der Waals surface area (Å²) in [4.78, 5) is 11.8. The van der Waals surface area contributed by atoms with E-state index in [-0.39, 0.29) is 18.2 Å². The van der Waals surface area contributed by atoms with Crippen LogP contribution in [0.2, 0.25) is 0 Å². The molecular weight excluding hydrogens is 360 g/mol. The number of nitrogens with one attached hydrogen (secondary N) is 1. The van der Waals surface area contributed by atoms with Gasteiger partial charge in [-0.15, -0.1) is 0 Å². The average molecular weight is 380 g/mol. The molecule has 5 nitrogen and oxygen atoms in total. The largest absolute Gasteiger partial charge is 0.342 e. The number of sulfonamides is 1. The number of carbonyl (C=O) groups excluding carboxylic acids is 1. The zero-order valence-electron chi connectivity index (χ0n) is 14.8. The van der Waals surface area contributed by atoms with E-state index in [9.17, 15) is 13.2 Å². The van der Waals surface area contributed by atoms with Crippen molar-refractivity contribution in [1.29, 1.82) is 0 Å². The van der Waals surface area contributed by atoms with E-state index in [0.29, 0.717) is 18.7 Å². The van der Waals surface area contributed by atoms with Crippen LogP contribution in [0.4, 0.5) is 5.69 Å². The first kappa shape index (κ1) is 18.7. The normalized spacial score (nSPS) is 15.3. The molecule has 0 spiro atoms. The topological polar surface area (TPSA) is 66.5 Å². The standard InChI is InChI=1S/C21H20N2O3S/c24-21(22-15-4-8-18-6-2-1-3-7-18)14-11-19-9-12-20(13-10-19)23-16-5-17-27(23,25)26/h1-3,6-7,9-14H,5,15-17H2,(H,22,24)/b14-11+. The molecule has 0 unspecified atom stereocenters. The minimum atomic E-state index is -3.17. The SMILES string of the molecule is O=C(/C=C/c1ccc(N2CCCS2(=O)=O)cc1)NCC#Cc1ccccc1. The lowest BCUT2D eigenvalue weighted by atomic mass is 10.2. The number of rotatable bonds is 4. The summed E-state index contributed by atoms with van der Waals surface area (Å²) < 4.78 is 25.3. The van der Waals surface area contributed by atoms with E-state index in [0.717, 1.165) is 11.1 Å². The quantitative estimate of drug-likeness (QED) is 0.654. The predicted molar refractivity (Wildman–Crippen MR) is 108 cm³/mol. The summed E-state index contributed by atoms with van der Waals surface area (Å²) in [5.41, 5.74) is 2.38. The van der Waals surface area contributed by atoms with Crippen molar-refractivity contribution in [3.63, 3.8) is 0 Å². The van der Waals surface area contributed by atoms with Gasteiger partial charge in [0, 0.05) is 18.2 Å². The highest BCUT2D eigenvalue weighted by Gasteiger charge is 2.28. The van der Waals surface area contributed by atoms with E-state index in [1.165, 1.54) is 10.4 Å². The zero-order chi connectivity index (χ0) is 19.1. The Bertz CT molecular complexity index is 985. The Balaban J connectivity index is 1.52. The van der Waals surface area contributed by atoms with Gasteiger partial charge < -0.3 is 5.32 Å². The maximum Gasteiger partial charge on any atom is 0.244 e. The molecule has 1 fully saturated rings. The highest BCUT2D eigenvalue weighted by molar-refractivity contribution is 7.93. The van der Waals surface area contributed by atoms with Gasteiger partial charge in [0.2, 0.25) is 15.9 Å². The fourth-order valence-electron chi connectivity index (χ4n) is 2.71. The number of anilines is 1. The van der Waals surface area contributed by atoms with Crippen LogP contribution < -0.4 is 9.62 Å². The minimum absolute atomic E-state index is 0.196. The number of nitrogens with zero attached hydrogens (tertiary/aromatic N) is 1. The molecule has 0 atom stereocenters. The van der Waals surface area contributed by atoms with Crippen LogP contribution in [0.1, 0.15) is 17.5 Å². The van der Waals surface area contributed by atoms with Crippen LogP contribution >= 0.6 is 0 Å². The van der Waals surface area contributed by atoms with Gasteiger partial charge in [-0.25, -0.2) is 8.42 Å². The predicted octanol–water partition coefficient (Wildman–Crippen LogP) is 2.41. The third-order valence-corrected chi connectivity index (χ3v) is 5.93. The van der Waals surface area contributed by atoms with Crippen LogP contribution in [-0.4, -0.2) is 33.2 Å². The van der Waals surface area contributed by atoms with Crippen LogP contribution in [0.5, 0.6) is 0 Å². The summed E-state index contributed by atoms with van der Waals surface area (Å²) in [5.74, 6) is 5.83. The second kappa shape index (κ2) is 8.56. The van der Waals surface area contributed by atoms with Gasteiger partial charge in [0.05, 0.1) is 18.0 Å². The molecule has 1 heterocycles. The van der Waals surface area contributed by atoms with Crippen LogP contribution in [0.3, 0.4) is 0 Å². The molecule has 0 radical (unpaired) electrons. The van der Waals surface area contributed by atoms with Gasteiger partial charge >= 0.3 is 0 Å². The fraction of sp³-hybridized carbons (Fsp3) is 0.190. The number of amides is 1. The van der Waals surface area contributed by atoms with Crippen LogP contribution in [0, 0.1) is 11.8 Å². The Kier molecular flexibility index (Phi) is 5.94. The lowest BCUT2D eigenvalue weighted by Gasteiger charge is -2.16. The number of hydrogen-bond acceptors (Lipinski definition) is 3. The van der Waals surface area contributed by atoms with Crippen LogP contribution in [0.15, 0.2) is 60.7 Å². The van der Waals surface area contributed by atoms with Gasteiger partial charge in [-0.3, -0.25) is 9.10 Å². The molecule has 1 N–H and O–H groups in total. The molecule has 0 bridgehead atoms. The monoisotopic (exact) mass is 380 g/mol. The molecule has 0 aromatic heterocycles. The second-order valence-corrected chi connectivity index (χ2v) is 8.07. The van der Waals surface area contributed by atoms with E-state index >= 15 is 0 Å². The molecule has 1 aliphatic heterocycles. The molecule has 3 rings (SSSR count). The Morgan fingerprint density at radius 2 is 1.85 bits per heavy atom. The number of benzene rings is 2. The summed E-state index contributed by atoms with van der Waals surface area (Å²) in [6.45, 7) is 0.785. The summed E-state index contributed by atoms with van der Waals surface area (Å²) in [6, 6.07) is 16.7. The van der Waals surface area contributed by atoms with Gasteiger partial charge in [0.15, 0.2) is 0 Å². The Hall–Kier alpha value is -3.04. The van der Waals surface area contributed by atoms with Gasteiger partial charge in [0.1, 0.15) is 0 Å². The van der Waals surface area contributed by atoms with Crippen molar-refractivity contribution in [1.82, 2.24) is 5.32 Å². The van der Waals surface area contributed by atoms with Crippen molar-refractivity contribution in [2.45, 2.75) is 6.42 Å². The molecule has 2 aromatic rings. The van der Waals surface area contributed by atoms with E-state index < -0.39 is 10.0 Å². The van der Waals surface area contributed by atoms with Gasteiger partial charge in [-0.05, 0) is 42.3 Å². The Labute approximate surface area is 159 Å². The van der Waals surface area contributed by atoms with Crippen molar-refractivity contribution in [2.75, 3.05) is 23.1 Å². The summed E-state index contributed by atoms with van der Waals surface area (Å²) >= 11 is 0. The second-order valence-electron chi connectivity index (χ2n) is 6.05. The lowest BCUT2D eigenvalue weighted by molar-refractivity contribution is -0.116. The van der Waals surface area contributed by atoms with Crippen molar-refractivity contribution in [2.24, 2.45) is 0 Å². The maximum atomic E-state index is 11.9. The van der Waals surface area contributed by atoms with E-state index in [4.69, 9.17) is 0 Å². The molecular formula is C21H20N2O3S. The van der Waals surface area contributed by atoms with E-state index in [1.807, 2.05) is 30.3 Å². The fourth-order valence-corrected chi connectivity index (χ4v) is 4.28. The van der Waals surface area contributed by atoms with Crippen molar-refractivity contribution >= 4 is 27.7 Å². The van der Waals surface area contributed by atoms with Gasteiger partial charge in [0.25, 0.3) is 0 Å². The molecule has 1 saturated heterocycles. The van der Waals surface area contributed by atoms with Crippen molar-refractivity contribution in [3.8, 4) is 11.8 Å². The van der Waals surface area contributed by atoms with Gasteiger partial charge in [-0.1, -0.05) is 42.2 Å². The molecule has 1 amide bonds. The first-order valence-corrected chi connectivity index (χ1v) is 10.3. The lowest BCUT2D eigenvalue weighted by Crippen LogP contribution is -2.24. The number of carbonyl (C=O) groups is 1. The minimum Gasteiger partial charge on any atom is -0.342 e. The third kappa shape index (κ3) is 5.22. The summed E-state index contributed by atoms with van der Waals surface area (Å²) in [6.07, 6.45) is 3.77. The van der Waals surface area contributed by atoms with Crippen molar-refractivity contribution in [3.05, 3.63) is 71.8 Å². The summed E-state index contributed by atoms with van der Waals surface area (Å²) in [7, 11) is -3.17. The molecule has 1 aliphatic rings. The Morgan fingerprint density at radius 3 is 2.52 bits per heavy atom. The molecule has 6 heteroatoms. The van der Waals surface area contributed by atoms with E-state index in [1.54, 1.807) is 30.3 Å². The van der Waals surface area contributed by atoms with E-state index in [2.05, 4.69) is 17.2 Å². The van der Waals surface area contributed by atoms with Gasteiger partial charge in [-0.2, -0.15) is 0 Å². The first-order valence-electron chi connectivity index (χ1n) is 8.65. The van der Waals surface area contributed by atoms with Crippen LogP contribution in [-0.2, 0) is 14.8 Å². The number of hydrogen-bond donors (Lipinski definition) is 1. The maximum absolute atomic E-state index is 11.9. The molecule has 0 saturated carbocycles. The molecule has 138 valence electrons. The Morgan fingerprint density at radius 1 is 1.11 bits per heavy atom. The smallest absolute Gasteiger partial charge is 0.244 e. The molecule has 27 heavy (non-hydrogen) atoms. The first-order chi connectivity index (χ1) is 13.0. The zero-order valence-corrected chi connectivity index (χ0v) is 15.6. The van der Waals surface area contributed by atoms with Crippen molar-refractivity contribution < 1.29 is 13.2 Å². The average Bonchev–Trinajstić information content (AvgIpc) is 3.04. The molecule has 2 aromatic carbocycles.